The van der Waals surface area contributed by atoms with Crippen molar-refractivity contribution in [1.82, 2.24) is 15.1 Å². The van der Waals surface area contributed by atoms with Gasteiger partial charge >= 0.3 is 0 Å². The van der Waals surface area contributed by atoms with E-state index in [2.05, 4.69) is 20.8 Å². The maximum atomic E-state index is 12.3. The molecule has 0 fully saturated rings. The van der Waals surface area contributed by atoms with Crippen molar-refractivity contribution in [2.45, 2.75) is 32.7 Å². The molecule has 1 aromatic carbocycles. The van der Waals surface area contributed by atoms with Gasteiger partial charge in [0.1, 0.15) is 11.4 Å². The minimum absolute atomic E-state index is 0.0336. The topological polar surface area (TPSA) is 130 Å². The van der Waals surface area contributed by atoms with E-state index in [1.165, 1.54) is 17.0 Å². The van der Waals surface area contributed by atoms with Crippen LogP contribution in [-0.4, -0.2) is 46.2 Å². The summed E-state index contributed by atoms with van der Waals surface area (Å²) >= 11 is 0. The predicted molar refractivity (Wildman–Crippen MR) is 105 cm³/mol. The maximum absolute atomic E-state index is 12.3. The van der Waals surface area contributed by atoms with Crippen LogP contribution in [0.15, 0.2) is 27.8 Å². The van der Waals surface area contributed by atoms with Crippen molar-refractivity contribution in [2.24, 2.45) is 0 Å². The minimum Gasteiger partial charge on any atom is -0.505 e. The summed E-state index contributed by atoms with van der Waals surface area (Å²) in [6.45, 7) is 3.92. The molecule has 1 aromatic heterocycles. The number of benzene rings is 1. The molecule has 0 aliphatic heterocycles. The fraction of sp³-hybridized carbons (Fsp3) is 0.389. The van der Waals surface area contributed by atoms with Gasteiger partial charge in [0.15, 0.2) is 5.75 Å². The van der Waals surface area contributed by atoms with Crippen molar-refractivity contribution in [3.05, 3.63) is 44.5 Å². The van der Waals surface area contributed by atoms with Crippen molar-refractivity contribution < 1.29 is 9.90 Å². The molecule has 1 unspecified atom stereocenters. The van der Waals surface area contributed by atoms with Crippen molar-refractivity contribution in [3.8, 4) is 5.75 Å². The Bertz CT molecular complexity index is 932. The first kappa shape index (κ1) is 20.1. The number of H-pyrrole nitrogens is 2. The standard InChI is InChI=1S/C18H25N5O4/c1-5-7-10(2)19-13-14(17(26)22-21-16(13)25)20-12-9-6-8-11(15(12)24)18(27)23(3)4/h6,8-10,24H,5,7H2,1-4H3,(H2,19,22,26)(H2,20,21,25). The van der Waals surface area contributed by atoms with Gasteiger partial charge < -0.3 is 20.6 Å². The van der Waals surface area contributed by atoms with Gasteiger partial charge in [-0.1, -0.05) is 19.4 Å². The van der Waals surface area contributed by atoms with Crippen LogP contribution in [0.25, 0.3) is 0 Å². The Morgan fingerprint density at radius 1 is 1.19 bits per heavy atom. The summed E-state index contributed by atoms with van der Waals surface area (Å²) in [6, 6.07) is 4.54. The molecule has 2 rings (SSSR count). The zero-order valence-electron chi connectivity index (χ0n) is 15.8. The van der Waals surface area contributed by atoms with Gasteiger partial charge in [0.05, 0.1) is 11.3 Å². The van der Waals surface area contributed by atoms with Crippen LogP contribution in [0.2, 0.25) is 0 Å². The van der Waals surface area contributed by atoms with Crippen LogP contribution in [-0.2, 0) is 0 Å². The molecule has 27 heavy (non-hydrogen) atoms. The number of aromatic nitrogens is 2. The quantitative estimate of drug-likeness (QED) is 0.469. The Labute approximate surface area is 156 Å². The Morgan fingerprint density at radius 2 is 1.81 bits per heavy atom. The molecular formula is C18H25N5O4. The van der Waals surface area contributed by atoms with Crippen LogP contribution >= 0.6 is 0 Å². The number of hydrogen-bond acceptors (Lipinski definition) is 6. The SMILES string of the molecule is CCCC(C)Nc1c(Nc2cccc(C(=O)N(C)C)c2O)c(=O)[nH][nH]c1=O. The highest BCUT2D eigenvalue weighted by molar-refractivity contribution is 5.98. The average molecular weight is 375 g/mol. The number of amides is 1. The van der Waals surface area contributed by atoms with Gasteiger partial charge in [0, 0.05) is 20.1 Å². The van der Waals surface area contributed by atoms with Gasteiger partial charge in [-0.2, -0.15) is 0 Å². The van der Waals surface area contributed by atoms with Gasteiger partial charge in [-0.15, -0.1) is 0 Å². The van der Waals surface area contributed by atoms with Crippen LogP contribution in [0.3, 0.4) is 0 Å². The molecule has 0 radical (unpaired) electrons. The second kappa shape index (κ2) is 8.43. The summed E-state index contributed by atoms with van der Waals surface area (Å²) < 4.78 is 0. The number of para-hydroxylation sites is 1. The van der Waals surface area contributed by atoms with Crippen molar-refractivity contribution in [3.63, 3.8) is 0 Å². The Hall–Kier alpha value is -3.23. The average Bonchev–Trinajstić information content (AvgIpc) is 2.62. The molecule has 0 saturated carbocycles. The zero-order valence-corrected chi connectivity index (χ0v) is 15.8. The summed E-state index contributed by atoms with van der Waals surface area (Å²) in [7, 11) is 3.14. The number of phenols is 1. The molecule has 0 aliphatic rings. The number of nitrogens with one attached hydrogen (secondary N) is 4. The molecule has 9 nitrogen and oxygen atoms in total. The van der Waals surface area contributed by atoms with E-state index >= 15 is 0 Å². The molecule has 0 bridgehead atoms. The smallest absolute Gasteiger partial charge is 0.288 e. The molecular weight excluding hydrogens is 350 g/mol. The number of rotatable bonds is 7. The van der Waals surface area contributed by atoms with Crippen molar-refractivity contribution in [1.29, 1.82) is 0 Å². The Kier molecular flexibility index (Phi) is 6.27. The van der Waals surface area contributed by atoms with E-state index in [9.17, 15) is 19.5 Å². The number of aromatic amines is 2. The molecule has 1 heterocycles. The van der Waals surface area contributed by atoms with E-state index < -0.39 is 11.1 Å². The molecule has 1 atom stereocenters. The molecule has 5 N–H and O–H groups in total. The third kappa shape index (κ3) is 4.49. The van der Waals surface area contributed by atoms with Crippen LogP contribution in [0, 0.1) is 0 Å². The molecule has 0 spiro atoms. The van der Waals surface area contributed by atoms with Gasteiger partial charge in [-0.05, 0) is 25.5 Å². The molecule has 9 heteroatoms. The van der Waals surface area contributed by atoms with Crippen LogP contribution in [0.4, 0.5) is 17.1 Å². The summed E-state index contributed by atoms with van der Waals surface area (Å²) in [5.74, 6) is -0.686. The first-order chi connectivity index (χ1) is 12.8. The fourth-order valence-corrected chi connectivity index (χ4v) is 2.67. The Morgan fingerprint density at radius 3 is 2.41 bits per heavy atom. The lowest BCUT2D eigenvalue weighted by Gasteiger charge is -2.18. The molecule has 2 aromatic rings. The summed E-state index contributed by atoms with van der Waals surface area (Å²) in [5, 5.41) is 20.8. The molecule has 1 amide bonds. The lowest BCUT2D eigenvalue weighted by atomic mass is 10.1. The summed E-state index contributed by atoms with van der Waals surface area (Å²) in [6.07, 6.45) is 1.72. The lowest BCUT2D eigenvalue weighted by molar-refractivity contribution is 0.0824. The van der Waals surface area contributed by atoms with Crippen LogP contribution < -0.4 is 21.8 Å². The maximum Gasteiger partial charge on any atom is 0.288 e. The highest BCUT2D eigenvalue weighted by Gasteiger charge is 2.19. The first-order valence-corrected chi connectivity index (χ1v) is 8.68. The summed E-state index contributed by atoms with van der Waals surface area (Å²) in [5.41, 5.74) is -0.801. The number of hydrogen-bond donors (Lipinski definition) is 5. The molecule has 0 aliphatic carbocycles. The van der Waals surface area contributed by atoms with E-state index in [4.69, 9.17) is 0 Å². The normalized spacial score (nSPS) is 11.7. The number of phenolic OH excluding ortho intramolecular Hbond substituents is 1. The number of anilines is 3. The van der Waals surface area contributed by atoms with Gasteiger partial charge in [-0.25, -0.2) is 0 Å². The van der Waals surface area contributed by atoms with Crippen molar-refractivity contribution in [2.75, 3.05) is 24.7 Å². The summed E-state index contributed by atoms with van der Waals surface area (Å²) in [4.78, 5) is 38.0. The van der Waals surface area contributed by atoms with E-state index in [0.29, 0.717) is 0 Å². The minimum atomic E-state index is -0.565. The highest BCUT2D eigenvalue weighted by atomic mass is 16.3. The monoisotopic (exact) mass is 375 g/mol. The predicted octanol–water partition coefficient (Wildman–Crippen LogP) is 1.81. The van der Waals surface area contributed by atoms with Crippen molar-refractivity contribution >= 4 is 23.0 Å². The molecule has 146 valence electrons. The second-order valence-corrected chi connectivity index (χ2v) is 6.52. The van der Waals surface area contributed by atoms with E-state index in [0.717, 1.165) is 12.8 Å². The number of nitrogens with zero attached hydrogens (tertiary/aromatic N) is 1. The number of carbonyl (C=O) groups is 1. The lowest BCUT2D eigenvalue weighted by Crippen LogP contribution is -2.29. The highest BCUT2D eigenvalue weighted by Crippen LogP contribution is 2.31. The zero-order chi connectivity index (χ0) is 20.1. The third-order valence-corrected chi connectivity index (χ3v) is 4.04. The van der Waals surface area contributed by atoms with Crippen LogP contribution in [0.1, 0.15) is 37.0 Å². The van der Waals surface area contributed by atoms with Crippen LogP contribution in [0.5, 0.6) is 5.75 Å². The fourth-order valence-electron chi connectivity index (χ4n) is 2.67. The van der Waals surface area contributed by atoms with E-state index in [-0.39, 0.29) is 40.3 Å². The number of aromatic hydroxyl groups is 1. The molecule has 0 saturated heterocycles. The third-order valence-electron chi connectivity index (χ3n) is 4.04. The largest absolute Gasteiger partial charge is 0.505 e. The van der Waals surface area contributed by atoms with E-state index in [1.807, 2.05) is 13.8 Å². The first-order valence-electron chi connectivity index (χ1n) is 8.68. The second-order valence-electron chi connectivity index (χ2n) is 6.52. The van der Waals surface area contributed by atoms with Gasteiger partial charge in [0.2, 0.25) is 0 Å². The van der Waals surface area contributed by atoms with Gasteiger partial charge in [0.25, 0.3) is 17.0 Å². The van der Waals surface area contributed by atoms with E-state index in [1.54, 1.807) is 20.2 Å². The number of carbonyl (C=O) groups excluding carboxylic acids is 1. The van der Waals surface area contributed by atoms with Gasteiger partial charge in [-0.3, -0.25) is 24.6 Å². The Balaban J connectivity index is 2.48.